The lowest BCUT2D eigenvalue weighted by Crippen LogP contribution is -2.02. The number of thiazole rings is 1. The summed E-state index contributed by atoms with van der Waals surface area (Å²) in [7, 11) is 0. The maximum Gasteiger partial charge on any atom is 0.351 e. The lowest BCUT2D eigenvalue weighted by atomic mass is 10.6. The fourth-order valence-corrected chi connectivity index (χ4v) is 1.81. The summed E-state index contributed by atoms with van der Waals surface area (Å²) in [6.45, 7) is 2.16. The molecule has 0 aliphatic rings. The zero-order valence-corrected chi connectivity index (χ0v) is 8.24. The molecule has 0 unspecified atom stereocenters. The molecule has 0 N–H and O–H groups in total. The van der Waals surface area contributed by atoms with Gasteiger partial charge in [-0.15, -0.1) is 11.3 Å². The Kier molecular flexibility index (Phi) is 3.02. The third-order valence-electron chi connectivity index (χ3n) is 0.985. The average Bonchev–Trinajstić information content (AvgIpc) is 2.36. The molecule has 60 valence electrons. The van der Waals surface area contributed by atoms with Crippen LogP contribution in [0, 0.1) is 0 Å². The molecule has 0 atom stereocenters. The molecule has 0 bridgehead atoms. The summed E-state index contributed by atoms with van der Waals surface area (Å²) >= 11 is 4.40. The number of carbonyl (C=O) groups excluding carboxylic acids is 1. The van der Waals surface area contributed by atoms with Gasteiger partial charge in [-0.3, -0.25) is 0 Å². The quantitative estimate of drug-likeness (QED) is 0.738. The first-order valence-electron chi connectivity index (χ1n) is 3.01. The van der Waals surface area contributed by atoms with Gasteiger partial charge in [0.15, 0.2) is 0 Å². The summed E-state index contributed by atoms with van der Waals surface area (Å²) in [5.74, 6) is -0.318. The highest BCUT2D eigenvalue weighted by molar-refractivity contribution is 9.10. The van der Waals surface area contributed by atoms with E-state index >= 15 is 0 Å². The molecule has 0 aromatic carbocycles. The van der Waals surface area contributed by atoms with Crippen molar-refractivity contribution in [3.63, 3.8) is 0 Å². The first-order chi connectivity index (χ1) is 5.25. The first kappa shape index (κ1) is 8.67. The topological polar surface area (TPSA) is 39.2 Å². The van der Waals surface area contributed by atoms with Crippen LogP contribution in [0.3, 0.4) is 0 Å². The van der Waals surface area contributed by atoms with E-state index in [4.69, 9.17) is 4.74 Å². The lowest BCUT2D eigenvalue weighted by Gasteiger charge is -1.96. The van der Waals surface area contributed by atoms with Crippen LogP contribution >= 0.6 is 27.3 Å². The maximum atomic E-state index is 11.0. The third-order valence-corrected chi connectivity index (χ3v) is 2.66. The normalized spacial score (nSPS) is 9.64. The van der Waals surface area contributed by atoms with Crippen LogP contribution in [0.2, 0.25) is 0 Å². The summed E-state index contributed by atoms with van der Waals surface area (Å²) in [5, 5.41) is 0. The molecule has 0 amide bonds. The molecule has 0 radical (unpaired) electrons. The van der Waals surface area contributed by atoms with Gasteiger partial charge in [0.1, 0.15) is 9.48 Å². The molecule has 0 aliphatic heterocycles. The Balaban J connectivity index is 2.76. The van der Waals surface area contributed by atoms with E-state index in [-0.39, 0.29) is 5.97 Å². The molecule has 1 rings (SSSR count). The molecule has 0 saturated carbocycles. The SMILES string of the molecule is CCOC(=O)c1scnc1Br. The van der Waals surface area contributed by atoms with Gasteiger partial charge in [0.2, 0.25) is 0 Å². The average molecular weight is 236 g/mol. The molecule has 0 aliphatic carbocycles. The van der Waals surface area contributed by atoms with Crippen LogP contribution in [0.25, 0.3) is 0 Å². The standard InChI is InChI=1S/C6H6BrNO2S/c1-2-10-6(9)4-5(7)8-3-11-4/h3H,2H2,1H3. The van der Waals surface area contributed by atoms with Crippen molar-refractivity contribution in [2.24, 2.45) is 0 Å². The molecular weight excluding hydrogens is 230 g/mol. The largest absolute Gasteiger partial charge is 0.462 e. The summed E-state index contributed by atoms with van der Waals surface area (Å²) in [6, 6.07) is 0. The highest BCUT2D eigenvalue weighted by Crippen LogP contribution is 2.19. The van der Waals surface area contributed by atoms with Gasteiger partial charge in [-0.1, -0.05) is 0 Å². The van der Waals surface area contributed by atoms with Crippen molar-refractivity contribution in [1.29, 1.82) is 0 Å². The van der Waals surface area contributed by atoms with E-state index in [1.54, 1.807) is 12.4 Å². The second-order valence-electron chi connectivity index (χ2n) is 1.69. The number of nitrogens with zero attached hydrogens (tertiary/aromatic N) is 1. The molecule has 11 heavy (non-hydrogen) atoms. The number of esters is 1. The fraction of sp³-hybridized carbons (Fsp3) is 0.333. The van der Waals surface area contributed by atoms with Crippen molar-refractivity contribution >= 4 is 33.2 Å². The van der Waals surface area contributed by atoms with Gasteiger partial charge in [-0.2, -0.15) is 0 Å². The van der Waals surface area contributed by atoms with Crippen molar-refractivity contribution in [2.75, 3.05) is 6.61 Å². The Labute approximate surface area is 76.5 Å². The second kappa shape index (κ2) is 3.82. The molecule has 0 saturated heterocycles. The van der Waals surface area contributed by atoms with Gasteiger partial charge in [-0.25, -0.2) is 9.78 Å². The van der Waals surface area contributed by atoms with Crippen LogP contribution in [0.1, 0.15) is 16.6 Å². The van der Waals surface area contributed by atoms with Crippen LogP contribution in [0.5, 0.6) is 0 Å². The Bertz CT molecular complexity index is 261. The van der Waals surface area contributed by atoms with Crippen LogP contribution in [-0.4, -0.2) is 17.6 Å². The minimum absolute atomic E-state index is 0.318. The minimum Gasteiger partial charge on any atom is -0.462 e. The van der Waals surface area contributed by atoms with Crippen molar-refractivity contribution in [3.8, 4) is 0 Å². The van der Waals surface area contributed by atoms with E-state index in [9.17, 15) is 4.79 Å². The van der Waals surface area contributed by atoms with Crippen molar-refractivity contribution < 1.29 is 9.53 Å². The zero-order valence-electron chi connectivity index (χ0n) is 5.83. The first-order valence-corrected chi connectivity index (χ1v) is 4.69. The van der Waals surface area contributed by atoms with E-state index < -0.39 is 0 Å². The smallest absolute Gasteiger partial charge is 0.351 e. The number of hydrogen-bond acceptors (Lipinski definition) is 4. The molecule has 5 heteroatoms. The Morgan fingerprint density at radius 2 is 2.64 bits per heavy atom. The minimum atomic E-state index is -0.318. The van der Waals surface area contributed by atoms with Crippen LogP contribution in [0.15, 0.2) is 10.1 Å². The van der Waals surface area contributed by atoms with Gasteiger partial charge in [-0.05, 0) is 22.9 Å². The Morgan fingerprint density at radius 1 is 1.91 bits per heavy atom. The molecule has 1 aromatic rings. The van der Waals surface area contributed by atoms with E-state index in [0.29, 0.717) is 16.1 Å². The number of aromatic nitrogens is 1. The van der Waals surface area contributed by atoms with Gasteiger partial charge in [0.05, 0.1) is 12.1 Å². The van der Waals surface area contributed by atoms with E-state index in [2.05, 4.69) is 20.9 Å². The number of ether oxygens (including phenoxy) is 1. The number of rotatable bonds is 2. The zero-order chi connectivity index (χ0) is 8.27. The Morgan fingerprint density at radius 3 is 3.09 bits per heavy atom. The molecule has 0 spiro atoms. The van der Waals surface area contributed by atoms with E-state index in [0.717, 1.165) is 0 Å². The summed E-state index contributed by atoms with van der Waals surface area (Å²) in [5.41, 5.74) is 1.59. The fourth-order valence-electron chi connectivity index (χ4n) is 0.562. The monoisotopic (exact) mass is 235 g/mol. The van der Waals surface area contributed by atoms with Gasteiger partial charge >= 0.3 is 5.97 Å². The number of halogens is 1. The summed E-state index contributed by atoms with van der Waals surface area (Å²) in [4.78, 5) is 15.4. The second-order valence-corrected chi connectivity index (χ2v) is 3.30. The molecule has 3 nitrogen and oxygen atoms in total. The molecule has 1 aromatic heterocycles. The molecule has 1 heterocycles. The summed E-state index contributed by atoms with van der Waals surface area (Å²) in [6.07, 6.45) is 0. The summed E-state index contributed by atoms with van der Waals surface area (Å²) < 4.78 is 5.33. The van der Waals surface area contributed by atoms with Crippen LogP contribution < -0.4 is 0 Å². The van der Waals surface area contributed by atoms with Gasteiger partial charge in [0, 0.05) is 0 Å². The van der Waals surface area contributed by atoms with E-state index in [1.165, 1.54) is 11.3 Å². The number of hydrogen-bond donors (Lipinski definition) is 0. The van der Waals surface area contributed by atoms with Gasteiger partial charge < -0.3 is 4.74 Å². The van der Waals surface area contributed by atoms with Gasteiger partial charge in [0.25, 0.3) is 0 Å². The van der Waals surface area contributed by atoms with Crippen molar-refractivity contribution in [2.45, 2.75) is 6.92 Å². The third kappa shape index (κ3) is 2.00. The van der Waals surface area contributed by atoms with E-state index in [1.807, 2.05) is 0 Å². The maximum absolute atomic E-state index is 11.0. The molecule has 0 fully saturated rings. The van der Waals surface area contributed by atoms with Crippen molar-refractivity contribution in [1.82, 2.24) is 4.98 Å². The Hall–Kier alpha value is -0.420. The highest BCUT2D eigenvalue weighted by Gasteiger charge is 2.12. The lowest BCUT2D eigenvalue weighted by molar-refractivity contribution is 0.0531. The van der Waals surface area contributed by atoms with Crippen LogP contribution in [0.4, 0.5) is 0 Å². The van der Waals surface area contributed by atoms with Crippen molar-refractivity contribution in [3.05, 3.63) is 15.0 Å². The van der Waals surface area contributed by atoms with Crippen LogP contribution in [-0.2, 0) is 4.74 Å². The predicted molar refractivity (Wildman–Crippen MR) is 45.8 cm³/mol. The predicted octanol–water partition coefficient (Wildman–Crippen LogP) is 2.08. The number of carbonyl (C=O) groups is 1. The molecular formula is C6H6BrNO2S. The highest BCUT2D eigenvalue weighted by atomic mass is 79.9.